The van der Waals surface area contributed by atoms with Gasteiger partial charge in [0.05, 0.1) is 17.6 Å². The number of nitrogens with zero attached hydrogens (tertiary/aromatic N) is 3. The number of aromatic hydroxyl groups is 1. The number of carbonyl (C=O) groups is 5. The van der Waals surface area contributed by atoms with Crippen LogP contribution < -0.4 is 16.4 Å². The minimum absolute atomic E-state index is 0.0677. The van der Waals surface area contributed by atoms with E-state index in [1.54, 1.807) is 36.4 Å². The molecule has 6 N–H and O–H groups in total. The molecule has 2 unspecified atom stereocenters. The second kappa shape index (κ2) is 19.7. The van der Waals surface area contributed by atoms with Crippen molar-refractivity contribution < 1.29 is 38.9 Å². The average molecular weight is 759 g/mol. The molecule has 294 valence electrons. The molecular weight excluding hydrogens is 701 g/mol. The Morgan fingerprint density at radius 2 is 1.81 bits per heavy atom. The molecule has 0 aliphatic carbocycles. The first kappa shape index (κ1) is 43.2. The van der Waals surface area contributed by atoms with Crippen molar-refractivity contribution in [2.75, 3.05) is 26.4 Å². The lowest BCUT2D eigenvalue weighted by molar-refractivity contribution is -0.149. The number of aliphatic carboxylic acids is 1. The van der Waals surface area contributed by atoms with Gasteiger partial charge in [0.25, 0.3) is 5.91 Å². The molecule has 1 aromatic carbocycles. The van der Waals surface area contributed by atoms with Crippen LogP contribution in [0.5, 0.6) is 5.75 Å². The molecule has 2 aromatic rings. The lowest BCUT2D eigenvalue weighted by atomic mass is 9.92. The summed E-state index contributed by atoms with van der Waals surface area (Å²) in [5.41, 5.74) is 6.80. The van der Waals surface area contributed by atoms with E-state index in [9.17, 15) is 34.2 Å². The van der Waals surface area contributed by atoms with Gasteiger partial charge in [0.2, 0.25) is 11.8 Å². The Balaban J connectivity index is 1.82. The number of hydrogen-bond donors (Lipinski definition) is 5. The van der Waals surface area contributed by atoms with Crippen LogP contribution in [0.3, 0.4) is 0 Å². The highest BCUT2D eigenvalue weighted by Gasteiger charge is 2.37. The smallest absolute Gasteiger partial charge is 0.306 e. The zero-order chi connectivity index (χ0) is 39.6. The first-order valence-electron chi connectivity index (χ1n) is 18.4. The summed E-state index contributed by atoms with van der Waals surface area (Å²) in [6.45, 7) is 11.5. The average Bonchev–Trinajstić information content (AvgIpc) is 3.60. The predicted molar refractivity (Wildman–Crippen MR) is 203 cm³/mol. The van der Waals surface area contributed by atoms with Crippen molar-refractivity contribution in [3.63, 3.8) is 0 Å². The number of anilines is 1. The molecule has 53 heavy (non-hydrogen) atoms. The van der Waals surface area contributed by atoms with Gasteiger partial charge >= 0.3 is 11.9 Å². The zero-order valence-electron chi connectivity index (χ0n) is 32.3. The number of amides is 3. The summed E-state index contributed by atoms with van der Waals surface area (Å²) < 4.78 is 5.75. The standard InChI is InChI=1S/C38H58N6O8S/c1-9-22(4)33(42-35(48)29-12-10-11-15-43(29)7)37(49)44(8)30(21(2)3)19-32(52-24(6)45)36-41-28(20-53-36)34(47)40-26(16-23(5)38(50)51)17-25-13-14-31(46)27(39)18-25/h13-14,18,20-23,26,29-30,32-33,46H,9-12,15-17,19,39H2,1-8H3,(H,40,47)(H,42,48)(H,50,51)/t22-,23?,26?,29+,30+,32+,33-/m0/s1. The first-order chi connectivity index (χ1) is 24.9. The number of nitrogen functional groups attached to an aromatic ring is 1. The maximum Gasteiger partial charge on any atom is 0.306 e. The number of rotatable bonds is 18. The van der Waals surface area contributed by atoms with E-state index < -0.39 is 48.0 Å². The Morgan fingerprint density at radius 3 is 2.40 bits per heavy atom. The first-order valence-corrected chi connectivity index (χ1v) is 19.3. The van der Waals surface area contributed by atoms with E-state index in [1.807, 2.05) is 39.6 Å². The van der Waals surface area contributed by atoms with Gasteiger partial charge in [0, 0.05) is 37.9 Å². The van der Waals surface area contributed by atoms with Crippen LogP contribution in [0, 0.1) is 17.8 Å². The number of likely N-dealkylation sites (N-methyl/N-ethyl adjacent to an activating group) is 2. The topological polar surface area (TPSA) is 204 Å². The van der Waals surface area contributed by atoms with Crippen LogP contribution in [0.15, 0.2) is 23.6 Å². The number of ether oxygens (including phenoxy) is 1. The summed E-state index contributed by atoms with van der Waals surface area (Å²) in [6, 6.07) is 2.61. The fourth-order valence-electron chi connectivity index (χ4n) is 6.75. The number of phenols is 1. The second-order valence-corrected chi connectivity index (χ2v) is 15.7. The summed E-state index contributed by atoms with van der Waals surface area (Å²) in [7, 11) is 3.63. The van der Waals surface area contributed by atoms with Gasteiger partial charge in [0.1, 0.15) is 22.5 Å². The van der Waals surface area contributed by atoms with Gasteiger partial charge in [0.15, 0.2) is 6.10 Å². The number of likely N-dealkylation sites (tertiary alicyclic amines) is 1. The highest BCUT2D eigenvalue weighted by Crippen LogP contribution is 2.31. The molecule has 7 atom stereocenters. The fourth-order valence-corrected chi connectivity index (χ4v) is 7.59. The van der Waals surface area contributed by atoms with Gasteiger partial charge in [-0.25, -0.2) is 4.98 Å². The zero-order valence-corrected chi connectivity index (χ0v) is 33.1. The van der Waals surface area contributed by atoms with E-state index >= 15 is 0 Å². The molecule has 3 rings (SSSR count). The SMILES string of the molecule is CC[C@H](C)[C@H](NC(=O)[C@H]1CCCCN1C)C(=O)N(C)[C@H](C[C@@H](OC(C)=O)c1nc(C(=O)NC(Cc2ccc(O)c(N)c2)CC(C)C(=O)O)cs1)C(C)C. The lowest BCUT2D eigenvalue weighted by Crippen LogP contribution is -2.58. The maximum absolute atomic E-state index is 14.2. The van der Waals surface area contributed by atoms with Crippen LogP contribution in [-0.2, 0) is 30.3 Å². The van der Waals surface area contributed by atoms with Gasteiger partial charge in [-0.2, -0.15) is 0 Å². The van der Waals surface area contributed by atoms with Crippen molar-refractivity contribution in [3.05, 3.63) is 39.8 Å². The molecule has 15 heteroatoms. The van der Waals surface area contributed by atoms with E-state index in [2.05, 4.69) is 15.6 Å². The number of esters is 1. The van der Waals surface area contributed by atoms with Gasteiger partial charge in [-0.3, -0.25) is 28.9 Å². The van der Waals surface area contributed by atoms with Gasteiger partial charge < -0.3 is 36.2 Å². The minimum Gasteiger partial charge on any atom is -0.506 e. The van der Waals surface area contributed by atoms with Crippen molar-refractivity contribution >= 4 is 46.7 Å². The second-order valence-electron chi connectivity index (χ2n) is 14.8. The van der Waals surface area contributed by atoms with Crippen molar-refractivity contribution in [1.82, 2.24) is 25.4 Å². The van der Waals surface area contributed by atoms with Gasteiger partial charge in [-0.15, -0.1) is 11.3 Å². The van der Waals surface area contributed by atoms with Crippen LogP contribution in [0.25, 0.3) is 0 Å². The molecule has 1 saturated heterocycles. The Bertz CT molecular complexity index is 1580. The van der Waals surface area contributed by atoms with E-state index in [1.165, 1.54) is 13.0 Å². The van der Waals surface area contributed by atoms with Crippen molar-refractivity contribution in [2.45, 2.75) is 117 Å². The highest BCUT2D eigenvalue weighted by atomic mass is 32.1. The molecule has 1 aromatic heterocycles. The Hall–Kier alpha value is -4.24. The fraction of sp³-hybridized carbons (Fsp3) is 0.632. The lowest BCUT2D eigenvalue weighted by Gasteiger charge is -2.38. The van der Waals surface area contributed by atoms with E-state index in [0.717, 1.165) is 37.1 Å². The third-order valence-corrected chi connectivity index (χ3v) is 11.2. The number of nitrogens with two attached hydrogens (primary N) is 1. The van der Waals surface area contributed by atoms with Crippen LogP contribution in [0.1, 0.15) is 107 Å². The number of hydrogen-bond acceptors (Lipinski definition) is 11. The molecule has 0 saturated carbocycles. The Morgan fingerprint density at radius 1 is 1.11 bits per heavy atom. The summed E-state index contributed by atoms with van der Waals surface area (Å²) in [5, 5.41) is 27.3. The van der Waals surface area contributed by atoms with Crippen molar-refractivity contribution in [3.8, 4) is 5.75 Å². The Labute approximate surface area is 316 Å². The van der Waals surface area contributed by atoms with Gasteiger partial charge in [-0.1, -0.05) is 53.5 Å². The number of nitrogens with one attached hydrogen (secondary N) is 2. The number of carboxylic acids is 1. The summed E-state index contributed by atoms with van der Waals surface area (Å²) in [6.07, 6.45) is 3.10. The number of phenolic OH excluding ortho intramolecular Hbond substituents is 1. The minimum atomic E-state index is -1.01. The molecule has 1 aliphatic rings. The molecule has 0 bridgehead atoms. The molecule has 3 amide bonds. The Kier molecular flexibility index (Phi) is 16.1. The number of thiazole rings is 1. The number of aromatic nitrogens is 1. The molecule has 0 spiro atoms. The van der Waals surface area contributed by atoms with Crippen LogP contribution in [0.2, 0.25) is 0 Å². The molecule has 2 heterocycles. The van der Waals surface area contributed by atoms with E-state index in [0.29, 0.717) is 17.0 Å². The number of benzene rings is 1. The number of piperidine rings is 1. The normalized spacial score (nSPS) is 18.2. The molecular formula is C38H58N6O8S. The van der Waals surface area contributed by atoms with E-state index in [4.69, 9.17) is 10.5 Å². The third kappa shape index (κ3) is 12.1. The highest BCUT2D eigenvalue weighted by molar-refractivity contribution is 7.09. The molecule has 1 fully saturated rings. The third-order valence-electron chi connectivity index (χ3n) is 10.2. The van der Waals surface area contributed by atoms with Crippen LogP contribution in [0.4, 0.5) is 5.69 Å². The van der Waals surface area contributed by atoms with Crippen molar-refractivity contribution in [2.24, 2.45) is 17.8 Å². The summed E-state index contributed by atoms with van der Waals surface area (Å²) in [4.78, 5) is 73.4. The molecule has 1 aliphatic heterocycles. The number of carbonyl (C=O) groups excluding carboxylic acids is 4. The van der Waals surface area contributed by atoms with Crippen LogP contribution in [-0.4, -0.2) is 99.5 Å². The summed E-state index contributed by atoms with van der Waals surface area (Å²) in [5.74, 6) is -3.53. The molecule has 14 nitrogen and oxygen atoms in total. The summed E-state index contributed by atoms with van der Waals surface area (Å²) >= 11 is 1.14. The maximum atomic E-state index is 14.2. The monoisotopic (exact) mass is 758 g/mol. The van der Waals surface area contributed by atoms with Crippen LogP contribution >= 0.6 is 11.3 Å². The van der Waals surface area contributed by atoms with Gasteiger partial charge in [-0.05, 0) is 68.8 Å². The molecule has 0 radical (unpaired) electrons. The predicted octanol–water partition coefficient (Wildman–Crippen LogP) is 4.38. The van der Waals surface area contributed by atoms with Crippen molar-refractivity contribution in [1.29, 1.82) is 0 Å². The quantitative estimate of drug-likeness (QED) is 0.0820. The largest absolute Gasteiger partial charge is 0.506 e. The van der Waals surface area contributed by atoms with E-state index in [-0.39, 0.29) is 66.1 Å². The number of carboxylic acid groups (broad SMARTS) is 1.